The van der Waals surface area contributed by atoms with Gasteiger partial charge in [0.15, 0.2) is 16.4 Å². The van der Waals surface area contributed by atoms with Gasteiger partial charge in [0.1, 0.15) is 5.75 Å². The molecule has 3 rings (SSSR count). The quantitative estimate of drug-likeness (QED) is 0.867. The second-order valence-electron chi connectivity index (χ2n) is 6.17. The number of ether oxygens (including phenoxy) is 1. The highest BCUT2D eigenvalue weighted by Gasteiger charge is 2.28. The predicted molar refractivity (Wildman–Crippen MR) is 97.3 cm³/mol. The van der Waals surface area contributed by atoms with Gasteiger partial charge in [-0.05, 0) is 41.8 Å². The molecule has 1 amide bonds. The SMILES string of the molecule is N#Cc1ccc(-c2ccc(OCC(=O)N[C@H]3CCS(=O)(=O)C3)cc2)cc1. The first-order chi connectivity index (χ1) is 12.4. The molecule has 26 heavy (non-hydrogen) atoms. The van der Waals surface area contributed by atoms with Crippen LogP contribution in [0.3, 0.4) is 0 Å². The molecule has 1 saturated heterocycles. The molecule has 0 aliphatic carbocycles. The Bertz CT molecular complexity index is 929. The lowest BCUT2D eigenvalue weighted by atomic mass is 10.0. The lowest BCUT2D eigenvalue weighted by Crippen LogP contribution is -2.38. The predicted octanol–water partition coefficient (Wildman–Crippen LogP) is 1.91. The first kappa shape index (κ1) is 18.0. The number of rotatable bonds is 5. The first-order valence-electron chi connectivity index (χ1n) is 8.18. The van der Waals surface area contributed by atoms with Gasteiger partial charge in [0.05, 0.1) is 23.1 Å². The molecule has 1 fully saturated rings. The molecule has 2 aromatic carbocycles. The molecule has 7 heteroatoms. The van der Waals surface area contributed by atoms with Crippen molar-refractivity contribution < 1.29 is 17.9 Å². The summed E-state index contributed by atoms with van der Waals surface area (Å²) in [5.41, 5.74) is 2.56. The third kappa shape index (κ3) is 4.61. The second kappa shape index (κ2) is 7.58. The fraction of sp³-hybridized carbons (Fsp3) is 0.263. The molecule has 2 aromatic rings. The lowest BCUT2D eigenvalue weighted by Gasteiger charge is -2.12. The van der Waals surface area contributed by atoms with Crippen molar-refractivity contribution in [3.05, 3.63) is 54.1 Å². The Labute approximate surface area is 152 Å². The molecule has 0 bridgehead atoms. The average molecular weight is 370 g/mol. The van der Waals surface area contributed by atoms with E-state index in [0.717, 1.165) is 11.1 Å². The third-order valence-electron chi connectivity index (χ3n) is 4.17. The fourth-order valence-corrected chi connectivity index (χ4v) is 4.48. The molecule has 0 spiro atoms. The van der Waals surface area contributed by atoms with Gasteiger partial charge >= 0.3 is 0 Å². The molecule has 6 nitrogen and oxygen atoms in total. The van der Waals surface area contributed by atoms with Gasteiger partial charge in [-0.1, -0.05) is 24.3 Å². The molecule has 0 unspecified atom stereocenters. The van der Waals surface area contributed by atoms with Crippen LogP contribution >= 0.6 is 0 Å². The number of nitrogens with zero attached hydrogens (tertiary/aromatic N) is 1. The van der Waals surface area contributed by atoms with Crippen LogP contribution in [0.1, 0.15) is 12.0 Å². The van der Waals surface area contributed by atoms with Crippen molar-refractivity contribution in [2.45, 2.75) is 12.5 Å². The van der Waals surface area contributed by atoms with Gasteiger partial charge < -0.3 is 10.1 Å². The summed E-state index contributed by atoms with van der Waals surface area (Å²) in [6.07, 6.45) is 0.452. The molecule has 134 valence electrons. The number of nitriles is 1. The van der Waals surface area contributed by atoms with Crippen LogP contribution in [0.5, 0.6) is 5.75 Å². The molecule has 0 aromatic heterocycles. The van der Waals surface area contributed by atoms with Crippen LogP contribution < -0.4 is 10.1 Å². The van der Waals surface area contributed by atoms with Crippen molar-refractivity contribution in [2.24, 2.45) is 0 Å². The van der Waals surface area contributed by atoms with E-state index in [1.807, 2.05) is 24.3 Å². The van der Waals surface area contributed by atoms with Gasteiger partial charge in [0.25, 0.3) is 5.91 Å². The summed E-state index contributed by atoms with van der Waals surface area (Å²) < 4.78 is 28.2. The van der Waals surface area contributed by atoms with Crippen molar-refractivity contribution >= 4 is 15.7 Å². The number of nitrogens with one attached hydrogen (secondary N) is 1. The van der Waals surface area contributed by atoms with E-state index in [-0.39, 0.29) is 30.1 Å². The number of benzene rings is 2. The van der Waals surface area contributed by atoms with E-state index < -0.39 is 9.84 Å². The topological polar surface area (TPSA) is 96.3 Å². The van der Waals surface area contributed by atoms with Gasteiger partial charge in [-0.3, -0.25) is 4.79 Å². The van der Waals surface area contributed by atoms with Crippen molar-refractivity contribution in [2.75, 3.05) is 18.1 Å². The third-order valence-corrected chi connectivity index (χ3v) is 5.94. The maximum absolute atomic E-state index is 11.9. The Morgan fingerprint density at radius 2 is 1.73 bits per heavy atom. The highest BCUT2D eigenvalue weighted by Crippen LogP contribution is 2.22. The summed E-state index contributed by atoms with van der Waals surface area (Å²) in [6, 6.07) is 16.3. The van der Waals surface area contributed by atoms with Crippen LogP contribution in [0.4, 0.5) is 0 Å². The number of carbonyl (C=O) groups excluding carboxylic acids is 1. The first-order valence-corrected chi connectivity index (χ1v) is 10.0. The van der Waals surface area contributed by atoms with Crippen LogP contribution in [0.2, 0.25) is 0 Å². The summed E-state index contributed by atoms with van der Waals surface area (Å²) in [7, 11) is -3.02. The largest absolute Gasteiger partial charge is 0.484 e. The summed E-state index contributed by atoms with van der Waals surface area (Å²) in [4.78, 5) is 11.9. The number of hydrogen-bond donors (Lipinski definition) is 1. The van der Waals surface area contributed by atoms with Crippen molar-refractivity contribution in [1.82, 2.24) is 5.32 Å². The van der Waals surface area contributed by atoms with Crippen LogP contribution in [-0.2, 0) is 14.6 Å². The minimum atomic E-state index is -3.02. The molecule has 1 atom stereocenters. The normalized spacial score (nSPS) is 18.0. The van der Waals surface area contributed by atoms with E-state index in [2.05, 4.69) is 11.4 Å². The number of carbonyl (C=O) groups is 1. The van der Waals surface area contributed by atoms with Crippen LogP contribution in [0.25, 0.3) is 11.1 Å². The molecule has 1 heterocycles. The zero-order valence-electron chi connectivity index (χ0n) is 14.0. The number of sulfone groups is 1. The molecular weight excluding hydrogens is 352 g/mol. The number of hydrogen-bond acceptors (Lipinski definition) is 5. The molecule has 1 N–H and O–H groups in total. The summed E-state index contributed by atoms with van der Waals surface area (Å²) in [5.74, 6) is 0.341. The van der Waals surface area contributed by atoms with Crippen molar-refractivity contribution in [1.29, 1.82) is 5.26 Å². The molecular formula is C19H18N2O4S. The molecule has 1 aliphatic rings. The van der Waals surface area contributed by atoms with E-state index in [1.165, 1.54) is 0 Å². The monoisotopic (exact) mass is 370 g/mol. The van der Waals surface area contributed by atoms with Crippen LogP contribution in [-0.4, -0.2) is 38.5 Å². The fourth-order valence-electron chi connectivity index (χ4n) is 2.81. The Morgan fingerprint density at radius 3 is 2.27 bits per heavy atom. The highest BCUT2D eigenvalue weighted by atomic mass is 32.2. The molecule has 0 saturated carbocycles. The van der Waals surface area contributed by atoms with Gasteiger partial charge in [-0.2, -0.15) is 5.26 Å². The van der Waals surface area contributed by atoms with Gasteiger partial charge in [-0.15, -0.1) is 0 Å². The Kier molecular flexibility index (Phi) is 5.24. The van der Waals surface area contributed by atoms with E-state index in [1.54, 1.807) is 24.3 Å². The van der Waals surface area contributed by atoms with E-state index in [0.29, 0.717) is 17.7 Å². The van der Waals surface area contributed by atoms with Crippen molar-refractivity contribution in [3.8, 4) is 22.9 Å². The maximum Gasteiger partial charge on any atom is 0.258 e. The lowest BCUT2D eigenvalue weighted by molar-refractivity contribution is -0.123. The molecule has 1 aliphatic heterocycles. The number of amides is 1. The molecule has 0 radical (unpaired) electrons. The van der Waals surface area contributed by atoms with E-state index >= 15 is 0 Å². The minimum absolute atomic E-state index is 0.00196. The van der Waals surface area contributed by atoms with Gasteiger partial charge in [0.2, 0.25) is 0 Å². The van der Waals surface area contributed by atoms with Crippen molar-refractivity contribution in [3.63, 3.8) is 0 Å². The van der Waals surface area contributed by atoms with E-state index in [4.69, 9.17) is 10.00 Å². The minimum Gasteiger partial charge on any atom is -0.484 e. The summed E-state index contributed by atoms with van der Waals surface area (Å²) >= 11 is 0. The van der Waals surface area contributed by atoms with Crippen LogP contribution in [0.15, 0.2) is 48.5 Å². The zero-order chi connectivity index (χ0) is 18.6. The summed E-state index contributed by atoms with van der Waals surface area (Å²) in [6.45, 7) is -0.160. The Balaban J connectivity index is 1.52. The van der Waals surface area contributed by atoms with E-state index in [9.17, 15) is 13.2 Å². The summed E-state index contributed by atoms with van der Waals surface area (Å²) in [5, 5.41) is 11.5. The second-order valence-corrected chi connectivity index (χ2v) is 8.40. The maximum atomic E-state index is 11.9. The smallest absolute Gasteiger partial charge is 0.258 e. The highest BCUT2D eigenvalue weighted by molar-refractivity contribution is 7.91. The standard InChI is InChI=1S/C19H18N2O4S/c20-11-14-1-3-15(4-2-14)16-5-7-18(8-6-16)25-12-19(22)21-17-9-10-26(23,24)13-17/h1-8,17H,9-10,12-13H2,(H,21,22)/t17-/m0/s1. The van der Waals surface area contributed by atoms with Crippen LogP contribution in [0, 0.1) is 11.3 Å². The van der Waals surface area contributed by atoms with Gasteiger partial charge in [-0.25, -0.2) is 8.42 Å². The average Bonchev–Trinajstić information content (AvgIpc) is 2.99. The van der Waals surface area contributed by atoms with Gasteiger partial charge in [0, 0.05) is 6.04 Å². The Hall–Kier alpha value is -2.85. The Morgan fingerprint density at radius 1 is 1.12 bits per heavy atom. The zero-order valence-corrected chi connectivity index (χ0v) is 14.8.